The van der Waals surface area contributed by atoms with Crippen LogP contribution in [0.15, 0.2) is 47.8 Å². The van der Waals surface area contributed by atoms with E-state index in [1.54, 1.807) is 42.5 Å². The van der Waals surface area contributed by atoms with Gasteiger partial charge in [0.05, 0.1) is 42.0 Å². The molecule has 1 aromatic carbocycles. The number of anilines is 1. The van der Waals surface area contributed by atoms with Crippen LogP contribution < -0.4 is 9.64 Å². The number of sulfone groups is 1. The number of esters is 1. The maximum Gasteiger partial charge on any atom is 0.339 e. The molecule has 0 spiro atoms. The topological polar surface area (TPSA) is 144 Å². The number of amides is 1. The van der Waals surface area contributed by atoms with Gasteiger partial charge in [0.2, 0.25) is 5.88 Å². The van der Waals surface area contributed by atoms with Crippen LogP contribution in [0.5, 0.6) is 5.88 Å². The van der Waals surface area contributed by atoms with Crippen molar-refractivity contribution in [3.8, 4) is 17.0 Å². The first-order valence-corrected chi connectivity index (χ1v) is 12.7. The molecule has 1 amide bonds. The molecular weight excluding hydrogens is 486 g/mol. The minimum atomic E-state index is -3.75. The Morgan fingerprint density at radius 3 is 2.69 bits per heavy atom. The predicted molar refractivity (Wildman–Crippen MR) is 130 cm³/mol. The maximum atomic E-state index is 13.5. The standard InChI is InChI=1S/C24H21N5O6S/c1-13-17(14-4-5-16(24(31)34-2)20(9-14)36(3,32)33)11-26-22-21(13)29(6-7-35-22)23(30)18-8-15-10-27-28-19(15)12-25-18/h4-5,8-12H,6-7H2,1-3H3,(H,27,28). The Balaban J connectivity index is 1.61. The maximum absolute atomic E-state index is 13.5. The van der Waals surface area contributed by atoms with E-state index in [4.69, 9.17) is 9.47 Å². The largest absolute Gasteiger partial charge is 0.474 e. The number of rotatable bonds is 4. The van der Waals surface area contributed by atoms with Gasteiger partial charge >= 0.3 is 5.97 Å². The van der Waals surface area contributed by atoms with Gasteiger partial charge in [0, 0.05) is 23.4 Å². The molecule has 12 heteroatoms. The predicted octanol–water partition coefficient (Wildman–Crippen LogP) is 2.56. The Labute approximate surface area is 206 Å². The van der Waals surface area contributed by atoms with Crippen LogP contribution in [-0.4, -0.2) is 67.0 Å². The van der Waals surface area contributed by atoms with E-state index in [9.17, 15) is 18.0 Å². The molecule has 4 heterocycles. The van der Waals surface area contributed by atoms with Crippen LogP contribution in [-0.2, 0) is 14.6 Å². The van der Waals surface area contributed by atoms with Gasteiger partial charge in [0.25, 0.3) is 5.91 Å². The lowest BCUT2D eigenvalue weighted by Gasteiger charge is -2.30. The Kier molecular flexibility index (Phi) is 5.67. The van der Waals surface area contributed by atoms with Crippen LogP contribution >= 0.6 is 0 Å². The lowest BCUT2D eigenvalue weighted by molar-refractivity contribution is 0.0596. The van der Waals surface area contributed by atoms with Gasteiger partial charge in [-0.05, 0) is 36.2 Å². The third kappa shape index (κ3) is 3.94. The molecule has 3 aromatic heterocycles. The Hall–Kier alpha value is -4.32. The number of H-pyrrole nitrogens is 1. The highest BCUT2D eigenvalue weighted by atomic mass is 32.2. The average Bonchev–Trinajstić information content (AvgIpc) is 3.35. The highest BCUT2D eigenvalue weighted by Crippen LogP contribution is 2.39. The number of carbonyl (C=O) groups is 2. The Morgan fingerprint density at radius 2 is 1.94 bits per heavy atom. The molecule has 0 aliphatic carbocycles. The number of nitrogens with one attached hydrogen (secondary N) is 1. The van der Waals surface area contributed by atoms with Crippen molar-refractivity contribution in [1.29, 1.82) is 0 Å². The second-order valence-electron chi connectivity index (χ2n) is 8.26. The van der Waals surface area contributed by atoms with E-state index in [0.717, 1.165) is 11.6 Å². The molecule has 184 valence electrons. The second-order valence-corrected chi connectivity index (χ2v) is 10.2. The van der Waals surface area contributed by atoms with Crippen LogP contribution in [0.4, 0.5) is 5.69 Å². The number of benzene rings is 1. The third-order valence-electron chi connectivity index (χ3n) is 5.98. The summed E-state index contributed by atoms with van der Waals surface area (Å²) in [7, 11) is -2.56. The summed E-state index contributed by atoms with van der Waals surface area (Å²) in [5.41, 5.74) is 3.10. The first kappa shape index (κ1) is 23.4. The normalized spacial score (nSPS) is 13.2. The van der Waals surface area contributed by atoms with Crippen LogP contribution in [0.2, 0.25) is 0 Å². The van der Waals surface area contributed by atoms with E-state index >= 15 is 0 Å². The number of hydrogen-bond acceptors (Lipinski definition) is 9. The summed E-state index contributed by atoms with van der Waals surface area (Å²) in [5, 5.41) is 7.52. The summed E-state index contributed by atoms with van der Waals surface area (Å²) in [5.74, 6) is -0.799. The van der Waals surface area contributed by atoms with Crippen molar-refractivity contribution < 1.29 is 27.5 Å². The van der Waals surface area contributed by atoms with Crippen molar-refractivity contribution in [1.82, 2.24) is 20.2 Å². The van der Waals surface area contributed by atoms with E-state index in [1.807, 2.05) is 0 Å². The van der Waals surface area contributed by atoms with E-state index < -0.39 is 15.8 Å². The zero-order chi connectivity index (χ0) is 25.6. The molecule has 11 nitrogen and oxygen atoms in total. The van der Waals surface area contributed by atoms with E-state index in [2.05, 4.69) is 20.2 Å². The van der Waals surface area contributed by atoms with Crippen molar-refractivity contribution in [2.24, 2.45) is 0 Å². The Bertz CT molecular complexity index is 1650. The summed E-state index contributed by atoms with van der Waals surface area (Å²) in [6, 6.07) is 6.08. The molecule has 1 aliphatic rings. The van der Waals surface area contributed by atoms with Crippen molar-refractivity contribution in [2.45, 2.75) is 11.8 Å². The fraction of sp³-hybridized carbons (Fsp3) is 0.208. The molecule has 1 N–H and O–H groups in total. The number of aromatic nitrogens is 4. The molecule has 0 saturated carbocycles. The fourth-order valence-corrected chi connectivity index (χ4v) is 5.10. The van der Waals surface area contributed by atoms with Crippen molar-refractivity contribution in [3.63, 3.8) is 0 Å². The van der Waals surface area contributed by atoms with Gasteiger partial charge < -0.3 is 9.47 Å². The van der Waals surface area contributed by atoms with Gasteiger partial charge in [0.1, 0.15) is 18.0 Å². The molecular formula is C24H21N5O6S. The summed E-state index contributed by atoms with van der Waals surface area (Å²) < 4.78 is 35.3. The quantitative estimate of drug-likeness (QED) is 0.412. The molecule has 5 rings (SSSR count). The molecule has 1 aliphatic heterocycles. The number of ether oxygens (including phenoxy) is 2. The van der Waals surface area contributed by atoms with E-state index in [-0.39, 0.29) is 41.1 Å². The molecule has 0 saturated heterocycles. The summed E-state index contributed by atoms with van der Waals surface area (Å²) in [4.78, 5) is 35.7. The summed E-state index contributed by atoms with van der Waals surface area (Å²) >= 11 is 0. The number of nitrogens with zero attached hydrogens (tertiary/aromatic N) is 4. The minimum absolute atomic E-state index is 0.0619. The number of aromatic amines is 1. The average molecular weight is 508 g/mol. The van der Waals surface area contributed by atoms with E-state index in [0.29, 0.717) is 27.9 Å². The molecule has 4 aromatic rings. The number of hydrogen-bond donors (Lipinski definition) is 1. The highest BCUT2D eigenvalue weighted by Gasteiger charge is 2.30. The first-order chi connectivity index (χ1) is 17.2. The molecule has 0 fully saturated rings. The summed E-state index contributed by atoms with van der Waals surface area (Å²) in [6.45, 7) is 2.33. The SMILES string of the molecule is COC(=O)c1ccc(-c2cnc3c(c2C)N(C(=O)c2cc4cn[nH]c4cn2)CCO3)cc1S(C)(=O)=O. The van der Waals surface area contributed by atoms with Gasteiger partial charge in [0.15, 0.2) is 9.84 Å². The monoisotopic (exact) mass is 507 g/mol. The zero-order valence-electron chi connectivity index (χ0n) is 19.6. The number of methoxy groups -OCH3 is 1. The van der Waals surface area contributed by atoms with Crippen molar-refractivity contribution in [2.75, 3.05) is 31.4 Å². The number of fused-ring (bicyclic) bond motifs is 2. The lowest BCUT2D eigenvalue weighted by Crippen LogP contribution is -2.39. The van der Waals surface area contributed by atoms with Crippen LogP contribution in [0.3, 0.4) is 0 Å². The highest BCUT2D eigenvalue weighted by molar-refractivity contribution is 7.90. The number of pyridine rings is 2. The first-order valence-electron chi connectivity index (χ1n) is 10.8. The van der Waals surface area contributed by atoms with Crippen LogP contribution in [0.25, 0.3) is 22.0 Å². The molecule has 0 radical (unpaired) electrons. The van der Waals surface area contributed by atoms with Gasteiger partial charge in [-0.3, -0.25) is 14.8 Å². The lowest BCUT2D eigenvalue weighted by atomic mass is 9.99. The molecule has 0 atom stereocenters. The van der Waals surface area contributed by atoms with Crippen LogP contribution in [0.1, 0.15) is 26.4 Å². The second kappa shape index (κ2) is 8.72. The van der Waals surface area contributed by atoms with Crippen molar-refractivity contribution >= 4 is 38.3 Å². The zero-order valence-corrected chi connectivity index (χ0v) is 20.4. The third-order valence-corrected chi connectivity index (χ3v) is 7.12. The molecule has 36 heavy (non-hydrogen) atoms. The van der Waals surface area contributed by atoms with Gasteiger partial charge in [-0.25, -0.2) is 23.2 Å². The molecule has 0 unspecified atom stereocenters. The van der Waals surface area contributed by atoms with Gasteiger partial charge in [-0.1, -0.05) is 6.07 Å². The smallest absolute Gasteiger partial charge is 0.339 e. The van der Waals surface area contributed by atoms with Gasteiger partial charge in [-0.2, -0.15) is 5.10 Å². The van der Waals surface area contributed by atoms with Crippen molar-refractivity contribution in [3.05, 3.63) is 59.7 Å². The Morgan fingerprint density at radius 1 is 1.14 bits per heavy atom. The minimum Gasteiger partial charge on any atom is -0.474 e. The van der Waals surface area contributed by atoms with E-state index in [1.165, 1.54) is 19.2 Å². The van der Waals surface area contributed by atoms with Gasteiger partial charge in [-0.15, -0.1) is 0 Å². The summed E-state index contributed by atoms with van der Waals surface area (Å²) in [6.07, 6.45) is 5.74. The van der Waals surface area contributed by atoms with Crippen LogP contribution in [0, 0.1) is 6.92 Å². The molecule has 0 bridgehead atoms. The fourth-order valence-electron chi connectivity index (χ4n) is 4.21. The number of carbonyl (C=O) groups excluding carboxylic acids is 2.